The lowest BCUT2D eigenvalue weighted by Gasteiger charge is -2.14. The molecule has 0 bridgehead atoms. The summed E-state index contributed by atoms with van der Waals surface area (Å²) in [4.78, 5) is 32.7. The van der Waals surface area contributed by atoms with Gasteiger partial charge < -0.3 is 10.6 Å². The van der Waals surface area contributed by atoms with Crippen molar-refractivity contribution in [2.75, 3.05) is 10.6 Å². The summed E-state index contributed by atoms with van der Waals surface area (Å²) in [5.74, 6) is -1.50. The van der Waals surface area contributed by atoms with Gasteiger partial charge in [-0.3, -0.25) is 19.7 Å². The predicted octanol–water partition coefficient (Wildman–Crippen LogP) is 9.53. The van der Waals surface area contributed by atoms with Crippen molar-refractivity contribution in [3.05, 3.63) is 82.0 Å². The number of nitrogens with one attached hydrogen (secondary N) is 2. The highest BCUT2D eigenvalue weighted by Crippen LogP contribution is 2.42. The van der Waals surface area contributed by atoms with Gasteiger partial charge in [0, 0.05) is 19.9 Å². The quantitative estimate of drug-likeness (QED) is 0.117. The van der Waals surface area contributed by atoms with Crippen molar-refractivity contribution in [2.24, 2.45) is 0 Å². The maximum atomic E-state index is 12.8. The van der Waals surface area contributed by atoms with Gasteiger partial charge in [0.2, 0.25) is 22.8 Å². The van der Waals surface area contributed by atoms with Gasteiger partial charge in [-0.05, 0) is 24.3 Å². The number of anilines is 2. The fourth-order valence-electron chi connectivity index (χ4n) is 3.64. The van der Waals surface area contributed by atoms with Crippen molar-refractivity contribution in [2.45, 2.75) is 26.2 Å². The average molecular weight is 790 g/mol. The first-order valence-electron chi connectivity index (χ1n) is 11.9. The van der Waals surface area contributed by atoms with Crippen LogP contribution in [0.15, 0.2) is 30.3 Å². The molecule has 0 radical (unpaired) electrons. The predicted molar refractivity (Wildman–Crippen MR) is 162 cm³/mol. The third kappa shape index (κ3) is 8.91. The third-order valence-corrected chi connectivity index (χ3v) is 6.98. The lowest BCUT2D eigenvalue weighted by Crippen LogP contribution is -2.13. The highest BCUT2D eigenvalue weighted by molar-refractivity contribution is 6.39. The number of aromatic nitrogens is 4. The number of hydrogen-bond acceptors (Lipinski definition) is 6. The van der Waals surface area contributed by atoms with Crippen LogP contribution < -0.4 is 10.6 Å². The van der Waals surface area contributed by atoms with E-state index in [4.69, 9.17) is 69.6 Å². The molecule has 2 amide bonds. The normalized spacial score (nSPS) is 11.5. The Bertz CT molecular complexity index is 1850. The molecular formula is C24H13Cl6F6N7O4. The van der Waals surface area contributed by atoms with E-state index in [-0.39, 0.29) is 32.4 Å². The molecule has 2 heterocycles. The van der Waals surface area contributed by atoms with Crippen LogP contribution in [0.25, 0.3) is 11.4 Å². The van der Waals surface area contributed by atoms with Crippen molar-refractivity contribution in [3.8, 4) is 11.4 Å². The number of carbonyl (C=O) groups excluding carboxylic acids is 2. The third-order valence-electron chi connectivity index (χ3n) is 5.39. The highest BCUT2D eigenvalue weighted by atomic mass is 35.5. The van der Waals surface area contributed by atoms with Gasteiger partial charge in [0.25, 0.3) is 0 Å². The Labute approximate surface area is 288 Å². The van der Waals surface area contributed by atoms with Crippen molar-refractivity contribution in [1.82, 2.24) is 19.6 Å². The molecule has 2 aromatic heterocycles. The van der Waals surface area contributed by atoms with E-state index >= 15 is 0 Å². The number of alkyl halides is 6. The molecule has 23 heteroatoms. The monoisotopic (exact) mass is 787 g/mol. The van der Waals surface area contributed by atoms with E-state index in [0.29, 0.717) is 16.8 Å². The van der Waals surface area contributed by atoms with Gasteiger partial charge in [-0.2, -0.15) is 31.4 Å². The molecule has 47 heavy (non-hydrogen) atoms. The summed E-state index contributed by atoms with van der Waals surface area (Å²) in [7, 11) is 0. The Kier molecular flexibility index (Phi) is 11.6. The van der Waals surface area contributed by atoms with Gasteiger partial charge in [0.15, 0.2) is 5.15 Å². The van der Waals surface area contributed by atoms with Crippen LogP contribution in [-0.4, -0.2) is 36.3 Å². The molecule has 0 spiro atoms. The Morgan fingerprint density at radius 3 is 1.49 bits per heavy atom. The molecule has 2 N–H and O–H groups in total. The molecule has 0 fully saturated rings. The smallest absolute Gasteiger partial charge is 0.311 e. The first-order valence-corrected chi connectivity index (χ1v) is 14.2. The van der Waals surface area contributed by atoms with Crippen LogP contribution in [0.5, 0.6) is 0 Å². The Morgan fingerprint density at radius 2 is 1.13 bits per heavy atom. The lowest BCUT2D eigenvalue weighted by molar-refractivity contribution is -0.383. The molecule has 252 valence electrons. The molecule has 4 rings (SSSR count). The summed E-state index contributed by atoms with van der Waals surface area (Å²) in [5.41, 5.74) is -3.21. The number of rotatable bonds is 5. The molecule has 0 aliphatic heterocycles. The number of benzene rings is 2. The zero-order chi connectivity index (χ0) is 35.8. The number of nitro groups is 1. The minimum absolute atomic E-state index is 0.00998. The summed E-state index contributed by atoms with van der Waals surface area (Å²) in [6.07, 6.45) is -9.30. The van der Waals surface area contributed by atoms with Crippen molar-refractivity contribution in [1.29, 1.82) is 0 Å². The Balaban J connectivity index is 0.000000257. The SMILES string of the molecule is CC(=O)Nc1c([N+](=O)[O-])c(Cl)nn1-c1c(Cl)cc(C(F)(F)F)cc1Cl.CC(=O)Nc1cc(Cl)nn1-c1c(Cl)cc(C(F)(F)F)cc1Cl. The molecule has 11 nitrogen and oxygen atoms in total. The molecule has 0 saturated heterocycles. The number of hydrogen-bond donors (Lipinski definition) is 2. The van der Waals surface area contributed by atoms with Gasteiger partial charge in [-0.15, -0.1) is 5.10 Å². The Hall–Kier alpha value is -3.48. The van der Waals surface area contributed by atoms with E-state index in [1.54, 1.807) is 0 Å². The van der Waals surface area contributed by atoms with Crippen molar-refractivity contribution in [3.63, 3.8) is 0 Å². The molecule has 2 aromatic carbocycles. The van der Waals surface area contributed by atoms with E-state index in [1.165, 1.54) is 13.0 Å². The van der Waals surface area contributed by atoms with Crippen LogP contribution >= 0.6 is 69.6 Å². The van der Waals surface area contributed by atoms with Gasteiger partial charge in [0.1, 0.15) is 17.2 Å². The first-order chi connectivity index (χ1) is 21.5. The van der Waals surface area contributed by atoms with E-state index in [1.807, 2.05) is 0 Å². The maximum Gasteiger partial charge on any atom is 0.416 e. The summed E-state index contributed by atoms with van der Waals surface area (Å²) in [6, 6.07) is 3.89. The molecule has 0 unspecified atom stereocenters. The van der Waals surface area contributed by atoms with E-state index in [0.717, 1.165) is 23.7 Å². The number of carbonyl (C=O) groups is 2. The summed E-state index contributed by atoms with van der Waals surface area (Å²) < 4.78 is 78.3. The summed E-state index contributed by atoms with van der Waals surface area (Å²) >= 11 is 34.9. The molecule has 4 aromatic rings. The van der Waals surface area contributed by atoms with E-state index in [9.17, 15) is 46.0 Å². The molecule has 0 aliphatic rings. The minimum Gasteiger partial charge on any atom is -0.311 e. The fraction of sp³-hybridized carbons (Fsp3) is 0.167. The zero-order valence-corrected chi connectivity index (χ0v) is 27.3. The molecule has 0 atom stereocenters. The second-order valence-electron chi connectivity index (χ2n) is 8.86. The average Bonchev–Trinajstić information content (AvgIpc) is 3.39. The standard InChI is InChI=1S/C12H6Cl3F3N4O3.C12H7Cl3F3N3O/c1-4(23)19-11-9(22(24)25)10(15)20-21(11)8-6(13)2-5(3-7(8)14)12(16,17)18;1-5(22)19-10-4-9(15)20-21(10)11-7(13)2-6(3-8(11)14)12(16,17)18/h2-3H,1H3,(H,19,23);2-4H,1H3,(H,19,22). The second-order valence-corrected chi connectivity index (χ2v) is 11.2. The largest absolute Gasteiger partial charge is 0.416 e. The van der Waals surface area contributed by atoms with E-state index in [2.05, 4.69) is 20.8 Å². The van der Waals surface area contributed by atoms with Crippen LogP contribution in [0.1, 0.15) is 25.0 Å². The molecule has 0 saturated carbocycles. The van der Waals surface area contributed by atoms with Crippen molar-refractivity contribution >= 4 is 98.7 Å². The second kappa shape index (κ2) is 14.3. The summed E-state index contributed by atoms with van der Waals surface area (Å²) in [5, 5.41) is 21.0. The van der Waals surface area contributed by atoms with Gasteiger partial charge >= 0.3 is 18.0 Å². The van der Waals surface area contributed by atoms with Gasteiger partial charge in [-0.1, -0.05) is 69.6 Å². The van der Waals surface area contributed by atoms with Crippen LogP contribution in [0.4, 0.5) is 43.7 Å². The minimum atomic E-state index is -4.71. The van der Waals surface area contributed by atoms with Crippen LogP contribution in [0.2, 0.25) is 30.4 Å². The fourth-order valence-corrected chi connectivity index (χ4v) is 5.35. The number of halogens is 12. The highest BCUT2D eigenvalue weighted by Gasteiger charge is 2.35. The van der Waals surface area contributed by atoms with Gasteiger partial charge in [0.05, 0.1) is 36.1 Å². The first kappa shape index (κ1) is 38.0. The van der Waals surface area contributed by atoms with Crippen LogP contribution in [-0.2, 0) is 21.9 Å². The Morgan fingerprint density at radius 1 is 0.723 bits per heavy atom. The summed E-state index contributed by atoms with van der Waals surface area (Å²) in [6.45, 7) is 2.31. The van der Waals surface area contributed by atoms with Crippen LogP contribution in [0, 0.1) is 10.1 Å². The van der Waals surface area contributed by atoms with Crippen molar-refractivity contribution < 1.29 is 40.9 Å². The molecule has 0 aliphatic carbocycles. The molecular weight excluding hydrogens is 777 g/mol. The zero-order valence-electron chi connectivity index (χ0n) is 22.8. The van der Waals surface area contributed by atoms with Crippen LogP contribution in [0.3, 0.4) is 0 Å². The maximum absolute atomic E-state index is 12.8. The van der Waals surface area contributed by atoms with E-state index < -0.39 is 66.9 Å². The topological polar surface area (TPSA) is 137 Å². The lowest BCUT2D eigenvalue weighted by atomic mass is 10.2. The number of amides is 2. The number of nitrogens with zero attached hydrogens (tertiary/aromatic N) is 5. The van der Waals surface area contributed by atoms with Gasteiger partial charge in [-0.25, -0.2) is 9.36 Å².